The summed E-state index contributed by atoms with van der Waals surface area (Å²) in [6.45, 7) is 33.7. The average Bonchev–Trinajstić information content (AvgIpc) is 1.38. The molecule has 8 aromatic heterocycles. The largest absolute Gasteiger partial charge is 0.502 e. The molecular weight excluding hydrogens is 1660 g/mol. The van der Waals surface area contributed by atoms with Crippen molar-refractivity contribution >= 4 is 94.1 Å². The van der Waals surface area contributed by atoms with Crippen molar-refractivity contribution < 1.29 is 37.1 Å². The highest BCUT2D eigenvalue weighted by Crippen LogP contribution is 2.35. The van der Waals surface area contributed by atoms with Crippen LogP contribution in [0.3, 0.4) is 0 Å². The van der Waals surface area contributed by atoms with Crippen LogP contribution in [0.1, 0.15) is 284 Å². The predicted octanol–water partition coefficient (Wildman–Crippen LogP) is 19.5. The van der Waals surface area contributed by atoms with E-state index in [-0.39, 0.29) is 87.9 Å². The van der Waals surface area contributed by atoms with Gasteiger partial charge in [0.15, 0.2) is 17.3 Å². The van der Waals surface area contributed by atoms with Gasteiger partial charge < -0.3 is 37.1 Å². The zero-order valence-corrected chi connectivity index (χ0v) is 79.5. The average molecular weight is 1790 g/mol. The number of hydrogen-bond donors (Lipinski definition) is 8. The van der Waals surface area contributed by atoms with Crippen molar-refractivity contribution in [3.8, 4) is 11.5 Å². The van der Waals surface area contributed by atoms with Crippen LogP contribution in [0.15, 0.2) is 112 Å². The van der Waals surface area contributed by atoms with Crippen molar-refractivity contribution in [3.05, 3.63) is 163 Å². The Hall–Kier alpha value is -5.45. The number of tetrazole rings is 1. The van der Waals surface area contributed by atoms with Crippen molar-refractivity contribution in [3.63, 3.8) is 0 Å². The Labute approximate surface area is 731 Å². The van der Waals surface area contributed by atoms with Crippen molar-refractivity contribution in [2.45, 2.75) is 283 Å². The summed E-state index contributed by atoms with van der Waals surface area (Å²) in [6.07, 6.45) is 31.6. The molecular formula is C85H137N11O14S8. The number of rotatable bonds is 56. The normalized spacial score (nSPS) is 12.5. The van der Waals surface area contributed by atoms with E-state index in [1.54, 1.807) is 24.7 Å². The summed E-state index contributed by atoms with van der Waals surface area (Å²) in [4.78, 5) is 70.1. The van der Waals surface area contributed by atoms with Gasteiger partial charge in [0.1, 0.15) is 36.6 Å². The zero-order chi connectivity index (χ0) is 86.7. The Morgan fingerprint density at radius 3 is 0.898 bits per heavy atom. The number of hydrogen-bond acceptors (Lipinski definition) is 27. The molecule has 0 aromatic carbocycles. The summed E-state index contributed by atoms with van der Waals surface area (Å²) in [5, 5.41) is 54.0. The summed E-state index contributed by atoms with van der Waals surface area (Å²) in [5.74, 6) is 20.1. The molecule has 8 heterocycles. The van der Waals surface area contributed by atoms with Gasteiger partial charge in [0.25, 0.3) is 22.2 Å². The molecule has 0 saturated heterocycles. The fraction of sp³-hybridized carbons (Fsp3) is 0.706. The molecule has 0 radical (unpaired) electrons. The lowest BCUT2D eigenvalue weighted by atomic mass is 9.81. The summed E-state index contributed by atoms with van der Waals surface area (Å²) in [7, 11) is 0. The van der Waals surface area contributed by atoms with Gasteiger partial charge in [-0.05, 0) is 242 Å². The van der Waals surface area contributed by atoms with Crippen LogP contribution in [-0.2, 0) is 43.3 Å². The van der Waals surface area contributed by atoms with Crippen LogP contribution in [0.4, 0.5) is 0 Å². The maximum absolute atomic E-state index is 12.1. The number of thioether (sulfide) groups is 8. The Balaban J connectivity index is 0.000000281. The van der Waals surface area contributed by atoms with E-state index in [9.17, 15) is 39.0 Å². The molecule has 0 aliphatic rings. The van der Waals surface area contributed by atoms with Crippen LogP contribution in [0.25, 0.3) is 0 Å². The molecule has 0 bridgehead atoms. The van der Waals surface area contributed by atoms with E-state index in [2.05, 4.69) is 163 Å². The van der Waals surface area contributed by atoms with E-state index in [0.29, 0.717) is 11.1 Å². The smallest absolute Gasteiger partial charge is 0.283 e. The first kappa shape index (κ1) is 103. The highest BCUT2D eigenvalue weighted by molar-refractivity contribution is 8.01. The second-order valence-electron chi connectivity index (χ2n) is 35.1. The molecule has 33 heteroatoms. The van der Waals surface area contributed by atoms with Crippen molar-refractivity contribution in [2.75, 3.05) is 92.0 Å². The summed E-state index contributed by atoms with van der Waals surface area (Å²) < 4.78 is 30.5. The van der Waals surface area contributed by atoms with Gasteiger partial charge in [-0.3, -0.25) is 28.8 Å². The Kier molecular flexibility index (Phi) is 46.2. The van der Waals surface area contributed by atoms with Gasteiger partial charge in [0.2, 0.25) is 10.9 Å². The second kappa shape index (κ2) is 52.9. The highest BCUT2D eigenvalue weighted by atomic mass is 32.2. The van der Waals surface area contributed by atoms with Crippen molar-refractivity contribution in [2.24, 2.45) is 0 Å². The van der Waals surface area contributed by atoms with E-state index < -0.39 is 0 Å². The summed E-state index contributed by atoms with van der Waals surface area (Å²) in [5.41, 5.74) is 1.29. The molecule has 25 nitrogen and oxygen atoms in total. The minimum Gasteiger partial charge on any atom is -0.502 e. The van der Waals surface area contributed by atoms with Gasteiger partial charge in [-0.15, -0.1) is 10.2 Å². The molecule has 0 aliphatic carbocycles. The van der Waals surface area contributed by atoms with Gasteiger partial charge in [0, 0.05) is 44.9 Å². The standard InChI is InChI=1S/C25H36O6S2.2C21H34N2O4S2.C18H33N7S2/c1-24(2,18-14-30-16-20(26)22(18)28)8-5-10-32-12-7-13-33-11-6-9-25(3,4)19-15-31-17-21(27)23(19)29;1-20(2,16-14-26-22-18(16)24)8-5-10-28-12-7-13-29-11-6-9-21(3,4)17-15-27-23-19(17)25;1-20(2,16-14-18(24)22-26-16)8-5-10-28-12-7-13-29-11-6-9-21(3,4)17-15-19(25)23-27-17;1-17(2,15-14-19-23-20-15)8-5-10-26-12-7-13-27-11-6-9-18(3,4)16-21-24-25-22-16/h14-17,26-27H,5-13H2,1-4H3;2*14-15H,5-13H2,1-4H3,(H,22,24)(H,23,25);14H,5-13H2,1-4H3,(H,19,20,23)(H,21,22,24,25). The predicted molar refractivity (Wildman–Crippen MR) is 496 cm³/mol. The molecule has 0 unspecified atom stereocenters. The van der Waals surface area contributed by atoms with Crippen LogP contribution >= 0.6 is 94.1 Å². The lowest BCUT2D eigenvalue weighted by Gasteiger charge is -2.23. The van der Waals surface area contributed by atoms with E-state index in [1.165, 1.54) is 90.7 Å². The lowest BCUT2D eigenvalue weighted by molar-refractivity contribution is 0.302. The molecule has 0 atom stereocenters. The summed E-state index contributed by atoms with van der Waals surface area (Å²) >= 11 is 16.0. The molecule has 664 valence electrons. The topological polar surface area (TPSA) is 381 Å². The number of nitrogens with zero attached hydrogens (tertiary/aromatic N) is 5. The Bertz CT molecular complexity index is 4100. The highest BCUT2D eigenvalue weighted by Gasteiger charge is 2.32. The molecule has 8 N–H and O–H groups in total. The Morgan fingerprint density at radius 2 is 0.627 bits per heavy atom. The quantitative estimate of drug-likeness (QED) is 0.0164. The van der Waals surface area contributed by atoms with Gasteiger partial charge in [-0.25, -0.2) is 0 Å². The molecule has 0 amide bonds. The van der Waals surface area contributed by atoms with E-state index in [1.807, 2.05) is 104 Å². The first-order valence-electron chi connectivity index (χ1n) is 41.5. The number of nitrogens with one attached hydrogen (secondary N) is 6. The number of aromatic nitrogens is 11. The Morgan fingerprint density at radius 1 is 0.331 bits per heavy atom. The molecule has 0 spiro atoms. The van der Waals surface area contributed by atoms with Gasteiger partial charge >= 0.3 is 0 Å². The molecule has 0 aliphatic heterocycles. The van der Waals surface area contributed by atoms with Crippen LogP contribution in [0, 0.1) is 0 Å². The fourth-order valence-electron chi connectivity index (χ4n) is 13.2. The van der Waals surface area contributed by atoms with Crippen LogP contribution in [0.5, 0.6) is 11.5 Å². The van der Waals surface area contributed by atoms with E-state index >= 15 is 0 Å². The minimum atomic E-state index is -0.343. The fourth-order valence-corrected chi connectivity index (χ4v) is 21.2. The zero-order valence-electron chi connectivity index (χ0n) is 72.9. The summed E-state index contributed by atoms with van der Waals surface area (Å²) in [6, 6.07) is 3.11. The SMILES string of the molecule is CC(C)(CCCSCCCSCCCC(C)(C)c1cc(=O)[nH]o1)c1cc(=O)[nH]o1.CC(C)(CCCSCCCSCCCC(C)(C)c1co[nH]c1=O)c1co[nH]c1=O.CC(C)(CCCSCCCSCCCC(C)(C)c1cocc(O)c1=O)c1cocc(O)c1=O.CC(C)(CCCSCCCSCCCC(C)(C)c1nn[nH]n1)c1cn[nH]n1. The van der Waals surface area contributed by atoms with Gasteiger partial charge in [-0.1, -0.05) is 116 Å². The van der Waals surface area contributed by atoms with E-state index in [4.69, 9.17) is 26.9 Å². The third kappa shape index (κ3) is 38.1. The number of aromatic amines is 6. The van der Waals surface area contributed by atoms with Crippen LogP contribution in [0.2, 0.25) is 0 Å². The third-order valence-corrected chi connectivity index (χ3v) is 30.5. The molecule has 118 heavy (non-hydrogen) atoms. The van der Waals surface area contributed by atoms with Crippen LogP contribution in [-0.4, -0.2) is 159 Å². The molecule has 0 fully saturated rings. The lowest BCUT2D eigenvalue weighted by Crippen LogP contribution is -2.25. The molecule has 8 rings (SSSR count). The van der Waals surface area contributed by atoms with Crippen molar-refractivity contribution in [1.29, 1.82) is 0 Å². The maximum atomic E-state index is 12.1. The first-order chi connectivity index (χ1) is 55.9. The minimum absolute atomic E-state index is 0.00314. The van der Waals surface area contributed by atoms with Gasteiger partial charge in [-0.2, -0.15) is 135 Å². The van der Waals surface area contributed by atoms with E-state index in [0.717, 1.165) is 189 Å². The number of aromatic hydroxyl groups is 2. The third-order valence-electron chi connectivity index (χ3n) is 21.2. The number of H-pyrrole nitrogens is 6. The first-order valence-corrected chi connectivity index (χ1v) is 50.7. The van der Waals surface area contributed by atoms with Crippen LogP contribution < -0.4 is 33.1 Å². The maximum Gasteiger partial charge on any atom is 0.283 e. The monoisotopic (exact) mass is 1790 g/mol. The van der Waals surface area contributed by atoms with Crippen molar-refractivity contribution in [1.82, 2.24) is 56.7 Å². The molecule has 0 saturated carbocycles. The second-order valence-corrected chi connectivity index (χ2v) is 44.9. The van der Waals surface area contributed by atoms with Gasteiger partial charge in [0.05, 0.1) is 35.5 Å². The molecule has 8 aromatic rings.